The van der Waals surface area contributed by atoms with E-state index in [1.54, 1.807) is 0 Å². The Morgan fingerprint density at radius 2 is 2.05 bits per heavy atom. The second kappa shape index (κ2) is 9.96. The molecule has 0 saturated carbocycles. The van der Waals surface area contributed by atoms with Crippen molar-refractivity contribution in [2.24, 2.45) is 16.8 Å². The molecule has 22 heavy (non-hydrogen) atoms. The monoisotopic (exact) mass is 422 g/mol. The molecule has 2 unspecified atom stereocenters. The molecule has 0 aromatic carbocycles. The number of halogens is 1. The van der Waals surface area contributed by atoms with E-state index in [0.717, 1.165) is 30.9 Å². The fourth-order valence-electron chi connectivity index (χ4n) is 3.71. The molecule has 2 aliphatic rings. The van der Waals surface area contributed by atoms with Crippen molar-refractivity contribution in [1.29, 1.82) is 0 Å². The van der Waals surface area contributed by atoms with Crippen LogP contribution in [-0.2, 0) is 0 Å². The highest BCUT2D eigenvalue weighted by molar-refractivity contribution is 14.0. The van der Waals surface area contributed by atoms with Crippen LogP contribution in [0.25, 0.3) is 0 Å². The zero-order chi connectivity index (χ0) is 15.2. The Balaban J connectivity index is 0.00000242. The first-order valence-corrected chi connectivity index (χ1v) is 8.83. The predicted octanol–water partition coefficient (Wildman–Crippen LogP) is 3.03. The SMILES string of the molecule is CCNC(=NCC1CCCN1C)N1CCC(CC(C)C)C1.I. The molecule has 2 fully saturated rings. The molecule has 130 valence electrons. The molecule has 2 rings (SSSR count). The predicted molar refractivity (Wildman–Crippen MR) is 106 cm³/mol. The number of rotatable bonds is 5. The molecule has 2 aliphatic heterocycles. The van der Waals surface area contributed by atoms with E-state index >= 15 is 0 Å². The second-order valence-corrected chi connectivity index (χ2v) is 7.20. The van der Waals surface area contributed by atoms with Gasteiger partial charge in [-0.05, 0) is 58.0 Å². The van der Waals surface area contributed by atoms with E-state index in [1.807, 2.05) is 0 Å². The van der Waals surface area contributed by atoms with E-state index < -0.39 is 0 Å². The number of aliphatic imine (C=N–C) groups is 1. The summed E-state index contributed by atoms with van der Waals surface area (Å²) in [7, 11) is 2.23. The maximum atomic E-state index is 4.93. The largest absolute Gasteiger partial charge is 0.357 e. The molecule has 0 aliphatic carbocycles. The number of hydrogen-bond acceptors (Lipinski definition) is 2. The molecule has 0 radical (unpaired) electrons. The number of nitrogens with one attached hydrogen (secondary N) is 1. The molecule has 0 spiro atoms. The number of likely N-dealkylation sites (N-methyl/N-ethyl adjacent to an activating group) is 1. The van der Waals surface area contributed by atoms with Gasteiger partial charge < -0.3 is 15.1 Å². The normalized spacial score (nSPS) is 26.6. The van der Waals surface area contributed by atoms with Crippen molar-refractivity contribution in [3.05, 3.63) is 0 Å². The van der Waals surface area contributed by atoms with Crippen LogP contribution in [0, 0.1) is 11.8 Å². The standard InChI is InChI=1S/C17H34N4.HI/c1-5-18-17(19-12-16-7-6-9-20(16)4)21-10-8-15(13-21)11-14(2)3;/h14-16H,5-13H2,1-4H3,(H,18,19);1H. The Kier molecular flexibility index (Phi) is 9.05. The Bertz CT molecular complexity index is 346. The number of likely N-dealkylation sites (tertiary alicyclic amines) is 2. The van der Waals surface area contributed by atoms with Gasteiger partial charge in [-0.1, -0.05) is 13.8 Å². The zero-order valence-electron chi connectivity index (χ0n) is 14.8. The van der Waals surface area contributed by atoms with Crippen LogP contribution in [0.5, 0.6) is 0 Å². The van der Waals surface area contributed by atoms with Crippen LogP contribution in [0.2, 0.25) is 0 Å². The molecule has 0 bridgehead atoms. The third-order valence-electron chi connectivity index (χ3n) is 4.85. The van der Waals surface area contributed by atoms with E-state index in [2.05, 4.69) is 42.9 Å². The summed E-state index contributed by atoms with van der Waals surface area (Å²) < 4.78 is 0. The molecule has 0 amide bonds. The molecule has 2 atom stereocenters. The zero-order valence-corrected chi connectivity index (χ0v) is 17.2. The van der Waals surface area contributed by atoms with Crippen LogP contribution in [-0.4, -0.2) is 61.6 Å². The minimum absolute atomic E-state index is 0. The van der Waals surface area contributed by atoms with Crippen LogP contribution < -0.4 is 5.32 Å². The molecule has 0 aromatic heterocycles. The van der Waals surface area contributed by atoms with Gasteiger partial charge in [0.25, 0.3) is 0 Å². The first-order valence-electron chi connectivity index (χ1n) is 8.83. The van der Waals surface area contributed by atoms with Gasteiger partial charge in [0.1, 0.15) is 0 Å². The van der Waals surface area contributed by atoms with Crippen LogP contribution in [0.3, 0.4) is 0 Å². The molecule has 1 N–H and O–H groups in total. The molecule has 0 aromatic rings. The lowest BCUT2D eigenvalue weighted by atomic mass is 9.97. The lowest BCUT2D eigenvalue weighted by molar-refractivity contribution is 0.316. The lowest BCUT2D eigenvalue weighted by Gasteiger charge is -2.24. The summed E-state index contributed by atoms with van der Waals surface area (Å²) in [5.74, 6) is 2.80. The van der Waals surface area contributed by atoms with Crippen molar-refractivity contribution >= 4 is 29.9 Å². The maximum absolute atomic E-state index is 4.93. The fourth-order valence-corrected chi connectivity index (χ4v) is 3.71. The minimum Gasteiger partial charge on any atom is -0.357 e. The van der Waals surface area contributed by atoms with Gasteiger partial charge in [0.15, 0.2) is 5.96 Å². The van der Waals surface area contributed by atoms with Crippen molar-refractivity contribution in [2.75, 3.05) is 39.8 Å². The minimum atomic E-state index is 0. The third kappa shape index (κ3) is 5.87. The molecular formula is C17H35IN4. The van der Waals surface area contributed by atoms with E-state index in [0.29, 0.717) is 6.04 Å². The van der Waals surface area contributed by atoms with Gasteiger partial charge in [0, 0.05) is 25.7 Å². The third-order valence-corrected chi connectivity index (χ3v) is 4.85. The maximum Gasteiger partial charge on any atom is 0.193 e. The van der Waals surface area contributed by atoms with Crippen LogP contribution in [0.1, 0.15) is 46.5 Å². The molecule has 2 heterocycles. The van der Waals surface area contributed by atoms with E-state index in [1.165, 1.54) is 45.3 Å². The summed E-state index contributed by atoms with van der Waals surface area (Å²) in [6.07, 6.45) is 5.30. The van der Waals surface area contributed by atoms with Crippen LogP contribution >= 0.6 is 24.0 Å². The highest BCUT2D eigenvalue weighted by atomic mass is 127. The first kappa shape index (κ1) is 20.0. The Morgan fingerprint density at radius 1 is 1.27 bits per heavy atom. The highest BCUT2D eigenvalue weighted by Gasteiger charge is 2.26. The van der Waals surface area contributed by atoms with Gasteiger partial charge in [0.2, 0.25) is 0 Å². The summed E-state index contributed by atoms with van der Waals surface area (Å²) >= 11 is 0. The van der Waals surface area contributed by atoms with Crippen molar-refractivity contribution in [2.45, 2.75) is 52.5 Å². The van der Waals surface area contributed by atoms with Crippen LogP contribution in [0.15, 0.2) is 4.99 Å². The quantitative estimate of drug-likeness (QED) is 0.420. The summed E-state index contributed by atoms with van der Waals surface area (Å²) in [5, 5.41) is 3.49. The molecule has 4 nitrogen and oxygen atoms in total. The van der Waals surface area contributed by atoms with Crippen molar-refractivity contribution in [3.8, 4) is 0 Å². The molecule has 5 heteroatoms. The highest BCUT2D eigenvalue weighted by Crippen LogP contribution is 2.23. The van der Waals surface area contributed by atoms with Crippen molar-refractivity contribution in [3.63, 3.8) is 0 Å². The number of hydrogen-bond donors (Lipinski definition) is 1. The molecule has 2 saturated heterocycles. The summed E-state index contributed by atoms with van der Waals surface area (Å²) in [5.41, 5.74) is 0. The summed E-state index contributed by atoms with van der Waals surface area (Å²) in [6, 6.07) is 0.646. The van der Waals surface area contributed by atoms with Gasteiger partial charge in [-0.3, -0.25) is 4.99 Å². The van der Waals surface area contributed by atoms with E-state index in [-0.39, 0.29) is 24.0 Å². The van der Waals surface area contributed by atoms with Crippen molar-refractivity contribution in [1.82, 2.24) is 15.1 Å². The van der Waals surface area contributed by atoms with E-state index in [9.17, 15) is 0 Å². The molecular weight excluding hydrogens is 387 g/mol. The Morgan fingerprint density at radius 3 is 2.64 bits per heavy atom. The summed E-state index contributed by atoms with van der Waals surface area (Å²) in [4.78, 5) is 9.87. The average molecular weight is 422 g/mol. The Hall–Kier alpha value is -0.0400. The first-order chi connectivity index (χ1) is 10.1. The number of nitrogens with zero attached hydrogens (tertiary/aromatic N) is 3. The van der Waals surface area contributed by atoms with Gasteiger partial charge in [-0.25, -0.2) is 0 Å². The second-order valence-electron chi connectivity index (χ2n) is 7.20. The van der Waals surface area contributed by atoms with Gasteiger partial charge >= 0.3 is 0 Å². The fraction of sp³-hybridized carbons (Fsp3) is 0.941. The lowest BCUT2D eigenvalue weighted by Crippen LogP contribution is -2.41. The topological polar surface area (TPSA) is 30.9 Å². The Labute approximate surface area is 154 Å². The average Bonchev–Trinajstić information content (AvgIpc) is 3.03. The van der Waals surface area contributed by atoms with Gasteiger partial charge in [-0.2, -0.15) is 0 Å². The van der Waals surface area contributed by atoms with E-state index in [4.69, 9.17) is 4.99 Å². The van der Waals surface area contributed by atoms with Gasteiger partial charge in [0.05, 0.1) is 6.54 Å². The van der Waals surface area contributed by atoms with Crippen molar-refractivity contribution < 1.29 is 0 Å². The number of guanidine groups is 1. The van der Waals surface area contributed by atoms with Gasteiger partial charge in [-0.15, -0.1) is 24.0 Å². The summed E-state index contributed by atoms with van der Waals surface area (Å²) in [6.45, 7) is 12.3. The van der Waals surface area contributed by atoms with Crippen LogP contribution in [0.4, 0.5) is 0 Å². The smallest absolute Gasteiger partial charge is 0.193 e.